The number of rotatable bonds is 7. The largest absolute Gasteiger partial charge is 0.744 e. The molecule has 1 aromatic heterocycles. The Kier molecular flexibility index (Phi) is 10.3. The van der Waals surface area contributed by atoms with Crippen LogP contribution in [0.25, 0.3) is 6.08 Å². The van der Waals surface area contributed by atoms with E-state index in [-0.39, 0.29) is 10.8 Å². The number of amides is 1. The summed E-state index contributed by atoms with van der Waals surface area (Å²) in [5.41, 5.74) is 6.29. The lowest BCUT2D eigenvalue weighted by molar-refractivity contribution is -0.671. The maximum absolute atomic E-state index is 12.0. The number of carbonyl (C=O) groups excluding carboxylic acids is 1. The van der Waals surface area contributed by atoms with Gasteiger partial charge in [0.05, 0.1) is 11.1 Å². The van der Waals surface area contributed by atoms with Crippen molar-refractivity contribution in [3.63, 3.8) is 0 Å². The molecule has 1 N–H and O–H groups in total. The number of pyridine rings is 1. The summed E-state index contributed by atoms with van der Waals surface area (Å²) < 4.78 is 33.0. The number of aryl methyl sites for hydroxylation is 2. The summed E-state index contributed by atoms with van der Waals surface area (Å²) >= 11 is 0. The van der Waals surface area contributed by atoms with Crippen LogP contribution in [-0.4, -0.2) is 25.1 Å². The van der Waals surface area contributed by atoms with Gasteiger partial charge in [0.15, 0.2) is 12.4 Å². The van der Waals surface area contributed by atoms with Crippen LogP contribution in [-0.2, 0) is 17.2 Å². The first-order valence-corrected chi connectivity index (χ1v) is 12.2. The minimum absolute atomic E-state index is 0.178. The molecule has 8 heteroatoms. The van der Waals surface area contributed by atoms with Crippen molar-refractivity contribution in [1.29, 1.82) is 0 Å². The number of hydrogen-bond donors (Lipinski definition) is 1. The van der Waals surface area contributed by atoms with Gasteiger partial charge in [-0.25, -0.2) is 18.4 Å². The molecule has 7 nitrogen and oxygen atoms in total. The van der Waals surface area contributed by atoms with E-state index in [1.54, 1.807) is 30.6 Å². The van der Waals surface area contributed by atoms with Crippen molar-refractivity contribution in [3.8, 4) is 0 Å². The van der Waals surface area contributed by atoms with Crippen LogP contribution in [0.5, 0.6) is 0 Å². The Hall–Kier alpha value is -3.62. The molecule has 1 amide bonds. The fourth-order valence-corrected chi connectivity index (χ4v) is 3.36. The van der Waals surface area contributed by atoms with Crippen molar-refractivity contribution in [1.82, 2.24) is 5.43 Å². The van der Waals surface area contributed by atoms with Gasteiger partial charge < -0.3 is 4.55 Å². The van der Waals surface area contributed by atoms with Gasteiger partial charge in [0.2, 0.25) is 0 Å². The van der Waals surface area contributed by atoms with E-state index in [9.17, 15) is 17.8 Å². The van der Waals surface area contributed by atoms with Crippen LogP contribution in [0.4, 0.5) is 0 Å². The van der Waals surface area contributed by atoms with Crippen molar-refractivity contribution in [2.24, 2.45) is 12.1 Å². The number of nitrogens with zero attached hydrogens (tertiary/aromatic N) is 2. The van der Waals surface area contributed by atoms with E-state index in [4.69, 9.17) is 0 Å². The number of nitrogens with one attached hydrogen (secondary N) is 1. The Morgan fingerprint density at radius 2 is 1.74 bits per heavy atom. The molecule has 0 aliphatic rings. The Labute approximate surface area is 201 Å². The lowest BCUT2D eigenvalue weighted by Gasteiger charge is -2.05. The highest BCUT2D eigenvalue weighted by atomic mass is 32.2. The predicted octanol–water partition coefficient (Wildman–Crippen LogP) is 4.01. The second-order valence-electron chi connectivity index (χ2n) is 7.60. The Morgan fingerprint density at radius 1 is 1.06 bits per heavy atom. The first-order valence-electron chi connectivity index (χ1n) is 10.8. The second kappa shape index (κ2) is 13.2. The lowest BCUT2D eigenvalue weighted by atomic mass is 10.1. The SMILES string of the molecule is CCCC(=C/c1ccccc1)/C=N/NC(=O)c1ccc[n+](C)c1.Cc1ccc(S(=O)(=O)[O-])cc1. The third-order valence-electron chi connectivity index (χ3n) is 4.60. The maximum atomic E-state index is 12.0. The highest BCUT2D eigenvalue weighted by Gasteiger charge is 2.07. The van der Waals surface area contributed by atoms with Crippen molar-refractivity contribution >= 4 is 28.3 Å². The van der Waals surface area contributed by atoms with E-state index < -0.39 is 10.1 Å². The minimum atomic E-state index is -4.27. The van der Waals surface area contributed by atoms with E-state index in [0.29, 0.717) is 5.56 Å². The van der Waals surface area contributed by atoms with E-state index in [2.05, 4.69) is 23.5 Å². The van der Waals surface area contributed by atoms with Crippen LogP contribution in [0, 0.1) is 6.92 Å². The normalized spacial score (nSPS) is 11.6. The van der Waals surface area contributed by atoms with Crippen LogP contribution in [0.1, 0.15) is 41.3 Å². The average Bonchev–Trinajstić information content (AvgIpc) is 2.80. The van der Waals surface area contributed by atoms with Crippen LogP contribution in [0.3, 0.4) is 0 Å². The molecule has 0 atom stereocenters. The van der Waals surface area contributed by atoms with Gasteiger partial charge in [-0.1, -0.05) is 67.4 Å². The van der Waals surface area contributed by atoms with E-state index in [1.807, 2.05) is 61.1 Å². The molecule has 0 saturated carbocycles. The summed E-state index contributed by atoms with van der Waals surface area (Å²) in [6.45, 7) is 3.94. The number of benzene rings is 2. The molecular weight excluding hydrogens is 450 g/mol. The molecule has 0 aliphatic carbocycles. The fraction of sp³-hybridized carbons (Fsp3) is 0.192. The highest BCUT2D eigenvalue weighted by molar-refractivity contribution is 7.85. The summed E-state index contributed by atoms with van der Waals surface area (Å²) in [6, 6.07) is 19.5. The monoisotopic (exact) mass is 479 g/mol. The van der Waals surface area contributed by atoms with Gasteiger partial charge in [-0.05, 0) is 42.7 Å². The van der Waals surface area contributed by atoms with Gasteiger partial charge in [0, 0.05) is 6.07 Å². The molecule has 3 aromatic rings. The summed E-state index contributed by atoms with van der Waals surface area (Å²) in [5, 5.41) is 4.09. The standard InChI is InChI=1S/C19H21N3O.C7H8O3S/c1-3-8-17(13-16-9-5-4-6-10-16)14-20-21-19(23)18-11-7-12-22(2)15-18;1-6-2-4-7(5-3-6)11(8,9)10/h4-7,9-15H,3,8H2,1-2H3;2-5H,1H3,(H,8,9,10)/b17-13-,20-14+;. The van der Waals surface area contributed by atoms with Crippen molar-refractivity contribution < 1.29 is 22.3 Å². The molecule has 178 valence electrons. The van der Waals surface area contributed by atoms with Crippen LogP contribution in [0.2, 0.25) is 0 Å². The van der Waals surface area contributed by atoms with Crippen molar-refractivity contribution in [2.75, 3.05) is 0 Å². The highest BCUT2D eigenvalue weighted by Crippen LogP contribution is 2.10. The van der Waals surface area contributed by atoms with E-state index >= 15 is 0 Å². The number of hydrazone groups is 1. The molecule has 0 bridgehead atoms. The molecule has 1 heterocycles. The molecular formula is C26H29N3O4S. The number of aromatic nitrogens is 1. The molecule has 0 spiro atoms. The number of carbonyl (C=O) groups is 1. The predicted molar refractivity (Wildman–Crippen MR) is 132 cm³/mol. The molecule has 3 rings (SSSR count). The van der Waals surface area contributed by atoms with E-state index in [0.717, 1.165) is 29.5 Å². The van der Waals surface area contributed by atoms with Gasteiger partial charge in [-0.3, -0.25) is 4.79 Å². The number of hydrogen-bond acceptors (Lipinski definition) is 5. The first kappa shape index (κ1) is 26.6. The van der Waals surface area contributed by atoms with E-state index in [1.165, 1.54) is 12.1 Å². The van der Waals surface area contributed by atoms with Gasteiger partial charge >= 0.3 is 0 Å². The van der Waals surface area contributed by atoms with Gasteiger partial charge in [-0.2, -0.15) is 5.10 Å². The lowest BCUT2D eigenvalue weighted by Crippen LogP contribution is -2.29. The summed E-state index contributed by atoms with van der Waals surface area (Å²) in [4.78, 5) is 11.9. The topological polar surface area (TPSA) is 103 Å². The van der Waals surface area contributed by atoms with Crippen LogP contribution < -0.4 is 9.99 Å². The molecule has 0 unspecified atom stereocenters. The zero-order valence-electron chi connectivity index (χ0n) is 19.5. The summed E-state index contributed by atoms with van der Waals surface area (Å²) in [7, 11) is -2.39. The van der Waals surface area contributed by atoms with Crippen LogP contribution >= 0.6 is 0 Å². The molecule has 2 aromatic carbocycles. The average molecular weight is 480 g/mol. The van der Waals surface area contributed by atoms with Gasteiger partial charge in [0.1, 0.15) is 22.7 Å². The van der Waals surface area contributed by atoms with Gasteiger partial charge in [0.25, 0.3) is 5.91 Å². The third kappa shape index (κ3) is 9.48. The number of allylic oxidation sites excluding steroid dienone is 1. The molecule has 0 saturated heterocycles. The molecule has 0 radical (unpaired) electrons. The summed E-state index contributed by atoms with van der Waals surface area (Å²) in [6.07, 6.45) is 9.38. The molecule has 0 fully saturated rings. The molecule has 34 heavy (non-hydrogen) atoms. The zero-order chi connectivity index (χ0) is 25.0. The smallest absolute Gasteiger partial charge is 0.277 e. The van der Waals surface area contributed by atoms with Crippen LogP contribution in [0.15, 0.2) is 94.7 Å². The van der Waals surface area contributed by atoms with Crippen molar-refractivity contribution in [3.05, 3.63) is 101 Å². The zero-order valence-corrected chi connectivity index (χ0v) is 20.3. The summed E-state index contributed by atoms with van der Waals surface area (Å²) in [5.74, 6) is -0.215. The van der Waals surface area contributed by atoms with Gasteiger partial charge in [-0.15, -0.1) is 0 Å². The fourth-order valence-electron chi connectivity index (χ4n) is 2.89. The maximum Gasteiger partial charge on any atom is 0.277 e. The third-order valence-corrected chi connectivity index (χ3v) is 5.45. The molecule has 0 aliphatic heterocycles. The Bertz CT molecular complexity index is 1240. The quantitative estimate of drug-likeness (QED) is 0.239. The first-order chi connectivity index (χ1) is 16.2. The Balaban J connectivity index is 0.000000310. The minimum Gasteiger partial charge on any atom is -0.744 e. The Morgan fingerprint density at radius 3 is 2.32 bits per heavy atom. The second-order valence-corrected chi connectivity index (χ2v) is 8.98. The van der Waals surface area contributed by atoms with Crippen molar-refractivity contribution in [2.45, 2.75) is 31.6 Å².